The van der Waals surface area contributed by atoms with Gasteiger partial charge in [-0.3, -0.25) is 4.79 Å². The summed E-state index contributed by atoms with van der Waals surface area (Å²) in [7, 11) is 0. The van der Waals surface area contributed by atoms with Crippen molar-refractivity contribution in [2.75, 3.05) is 5.73 Å². The molecule has 0 aliphatic carbocycles. The molecule has 4 heteroatoms. The monoisotopic (exact) mass is 274 g/mol. The van der Waals surface area contributed by atoms with Gasteiger partial charge >= 0.3 is 0 Å². The maximum absolute atomic E-state index is 12.3. The SMILES string of the molecule is CCC(NC(=O)c1ccc(C)cc1N)c1cccs1. The first kappa shape index (κ1) is 13.6. The lowest BCUT2D eigenvalue weighted by Gasteiger charge is -2.16. The average Bonchev–Trinajstić information content (AvgIpc) is 2.89. The van der Waals surface area contributed by atoms with Crippen LogP contribution >= 0.6 is 11.3 Å². The van der Waals surface area contributed by atoms with Gasteiger partial charge in [-0.2, -0.15) is 0 Å². The van der Waals surface area contributed by atoms with Crippen LogP contribution in [-0.4, -0.2) is 5.91 Å². The summed E-state index contributed by atoms with van der Waals surface area (Å²) in [4.78, 5) is 13.4. The third kappa shape index (κ3) is 3.15. The van der Waals surface area contributed by atoms with Gasteiger partial charge in [-0.05, 0) is 42.5 Å². The minimum atomic E-state index is -0.113. The number of aryl methyl sites for hydroxylation is 1. The fourth-order valence-corrected chi connectivity index (χ4v) is 2.85. The van der Waals surface area contributed by atoms with E-state index in [0.29, 0.717) is 11.3 Å². The van der Waals surface area contributed by atoms with Crippen molar-refractivity contribution >= 4 is 22.9 Å². The molecule has 1 unspecified atom stereocenters. The lowest BCUT2D eigenvalue weighted by molar-refractivity contribution is 0.0937. The van der Waals surface area contributed by atoms with E-state index in [2.05, 4.69) is 12.2 Å². The number of benzene rings is 1. The Bertz CT molecular complexity index is 564. The Morgan fingerprint density at radius 3 is 2.79 bits per heavy atom. The predicted molar refractivity (Wildman–Crippen MR) is 80.4 cm³/mol. The quantitative estimate of drug-likeness (QED) is 0.838. The summed E-state index contributed by atoms with van der Waals surface area (Å²) in [5.74, 6) is -0.113. The van der Waals surface area contributed by atoms with Crippen molar-refractivity contribution in [3.8, 4) is 0 Å². The second kappa shape index (κ2) is 5.89. The van der Waals surface area contributed by atoms with Crippen molar-refractivity contribution in [3.63, 3.8) is 0 Å². The number of nitrogens with one attached hydrogen (secondary N) is 1. The smallest absolute Gasteiger partial charge is 0.253 e. The molecule has 0 aliphatic rings. The molecule has 2 rings (SSSR count). The van der Waals surface area contributed by atoms with Crippen molar-refractivity contribution in [3.05, 3.63) is 51.7 Å². The molecule has 1 aromatic carbocycles. The van der Waals surface area contributed by atoms with Crippen LogP contribution in [0.3, 0.4) is 0 Å². The zero-order valence-electron chi connectivity index (χ0n) is 11.1. The maximum Gasteiger partial charge on any atom is 0.253 e. The number of nitrogens with two attached hydrogens (primary N) is 1. The molecule has 1 aromatic heterocycles. The fourth-order valence-electron chi connectivity index (χ4n) is 1.99. The number of carbonyl (C=O) groups excluding carboxylic acids is 1. The maximum atomic E-state index is 12.3. The second-order valence-corrected chi connectivity index (χ2v) is 5.52. The molecule has 0 saturated heterocycles. The van der Waals surface area contributed by atoms with Gasteiger partial charge in [0.1, 0.15) is 0 Å². The molecule has 0 aliphatic heterocycles. The number of rotatable bonds is 4. The van der Waals surface area contributed by atoms with Crippen LogP contribution in [0.15, 0.2) is 35.7 Å². The van der Waals surface area contributed by atoms with E-state index in [1.54, 1.807) is 17.4 Å². The Morgan fingerprint density at radius 2 is 2.21 bits per heavy atom. The van der Waals surface area contributed by atoms with E-state index in [0.717, 1.165) is 12.0 Å². The molecule has 1 atom stereocenters. The first-order chi connectivity index (χ1) is 9.11. The van der Waals surface area contributed by atoms with Crippen LogP contribution in [0, 0.1) is 6.92 Å². The number of hydrogen-bond donors (Lipinski definition) is 2. The van der Waals surface area contributed by atoms with Crippen LogP contribution in [0.2, 0.25) is 0 Å². The molecule has 0 radical (unpaired) electrons. The Morgan fingerprint density at radius 1 is 1.42 bits per heavy atom. The first-order valence-corrected chi connectivity index (χ1v) is 7.20. The van der Waals surface area contributed by atoms with Gasteiger partial charge in [0.05, 0.1) is 11.6 Å². The van der Waals surface area contributed by atoms with E-state index < -0.39 is 0 Å². The summed E-state index contributed by atoms with van der Waals surface area (Å²) in [5.41, 5.74) is 8.02. The summed E-state index contributed by atoms with van der Waals surface area (Å²) < 4.78 is 0. The number of nitrogen functional groups attached to an aromatic ring is 1. The Kier molecular flexibility index (Phi) is 4.22. The number of carbonyl (C=O) groups is 1. The van der Waals surface area contributed by atoms with E-state index in [1.807, 2.05) is 36.6 Å². The van der Waals surface area contributed by atoms with Gasteiger partial charge in [0, 0.05) is 10.6 Å². The highest BCUT2D eigenvalue weighted by Crippen LogP contribution is 2.23. The van der Waals surface area contributed by atoms with Gasteiger partial charge in [0.25, 0.3) is 5.91 Å². The highest BCUT2D eigenvalue weighted by atomic mass is 32.1. The summed E-state index contributed by atoms with van der Waals surface area (Å²) >= 11 is 1.65. The predicted octanol–water partition coefficient (Wildman–Crippen LogP) is 3.52. The molecule has 1 amide bonds. The molecular formula is C15H18N2OS. The zero-order valence-corrected chi connectivity index (χ0v) is 12.0. The minimum absolute atomic E-state index is 0.0493. The van der Waals surface area contributed by atoms with E-state index in [-0.39, 0.29) is 11.9 Å². The molecule has 100 valence electrons. The van der Waals surface area contributed by atoms with Gasteiger partial charge in [-0.1, -0.05) is 19.1 Å². The van der Waals surface area contributed by atoms with E-state index in [9.17, 15) is 4.79 Å². The van der Waals surface area contributed by atoms with Crippen molar-refractivity contribution in [2.24, 2.45) is 0 Å². The number of amides is 1. The number of thiophene rings is 1. The lowest BCUT2D eigenvalue weighted by atomic mass is 10.1. The van der Waals surface area contributed by atoms with E-state index in [4.69, 9.17) is 5.73 Å². The molecule has 1 heterocycles. The molecule has 2 aromatic rings. The highest BCUT2D eigenvalue weighted by molar-refractivity contribution is 7.10. The topological polar surface area (TPSA) is 55.1 Å². The van der Waals surface area contributed by atoms with Gasteiger partial charge in [-0.25, -0.2) is 0 Å². The lowest BCUT2D eigenvalue weighted by Crippen LogP contribution is -2.28. The third-order valence-electron chi connectivity index (χ3n) is 3.05. The molecule has 0 spiro atoms. The molecular weight excluding hydrogens is 256 g/mol. The molecule has 0 fully saturated rings. The van der Waals surface area contributed by atoms with Gasteiger partial charge in [0.15, 0.2) is 0 Å². The molecule has 0 bridgehead atoms. The van der Waals surface area contributed by atoms with Crippen molar-refractivity contribution in [1.82, 2.24) is 5.32 Å². The van der Waals surface area contributed by atoms with Crippen LogP contribution in [0.1, 0.15) is 40.2 Å². The zero-order chi connectivity index (χ0) is 13.8. The van der Waals surface area contributed by atoms with E-state index >= 15 is 0 Å². The third-order valence-corrected chi connectivity index (χ3v) is 4.04. The van der Waals surface area contributed by atoms with Crippen LogP contribution < -0.4 is 11.1 Å². The van der Waals surface area contributed by atoms with Crippen molar-refractivity contribution in [1.29, 1.82) is 0 Å². The summed E-state index contributed by atoms with van der Waals surface area (Å²) in [6.45, 7) is 4.02. The summed E-state index contributed by atoms with van der Waals surface area (Å²) in [6.07, 6.45) is 0.859. The highest BCUT2D eigenvalue weighted by Gasteiger charge is 2.16. The largest absolute Gasteiger partial charge is 0.398 e. The van der Waals surface area contributed by atoms with Crippen molar-refractivity contribution < 1.29 is 4.79 Å². The van der Waals surface area contributed by atoms with Gasteiger partial charge in [-0.15, -0.1) is 11.3 Å². The Balaban J connectivity index is 2.16. The molecule has 19 heavy (non-hydrogen) atoms. The van der Waals surface area contributed by atoms with E-state index in [1.165, 1.54) is 4.88 Å². The Labute approximate surface area is 117 Å². The van der Waals surface area contributed by atoms with Crippen LogP contribution in [0.4, 0.5) is 5.69 Å². The first-order valence-electron chi connectivity index (χ1n) is 6.32. The van der Waals surface area contributed by atoms with Gasteiger partial charge in [0.2, 0.25) is 0 Å². The standard InChI is InChI=1S/C15H18N2OS/c1-3-13(14-5-4-8-19-14)17-15(18)11-7-6-10(2)9-12(11)16/h4-9,13H,3,16H2,1-2H3,(H,17,18). The van der Waals surface area contributed by atoms with Crippen molar-refractivity contribution in [2.45, 2.75) is 26.3 Å². The second-order valence-electron chi connectivity index (χ2n) is 4.54. The number of hydrogen-bond acceptors (Lipinski definition) is 3. The average molecular weight is 274 g/mol. The minimum Gasteiger partial charge on any atom is -0.398 e. The van der Waals surface area contributed by atoms with Gasteiger partial charge < -0.3 is 11.1 Å². The fraction of sp³-hybridized carbons (Fsp3) is 0.267. The molecule has 3 nitrogen and oxygen atoms in total. The van der Waals surface area contributed by atoms with Crippen LogP contribution in [-0.2, 0) is 0 Å². The summed E-state index contributed by atoms with van der Waals surface area (Å²) in [6, 6.07) is 9.58. The van der Waals surface area contributed by atoms with Crippen LogP contribution in [0.25, 0.3) is 0 Å². The normalized spacial score (nSPS) is 12.1. The van der Waals surface area contributed by atoms with Crippen LogP contribution in [0.5, 0.6) is 0 Å². The molecule has 3 N–H and O–H groups in total. The molecule has 0 saturated carbocycles. The summed E-state index contributed by atoms with van der Waals surface area (Å²) in [5, 5.41) is 5.06. The number of anilines is 1. The Hall–Kier alpha value is -1.81.